The van der Waals surface area contributed by atoms with Gasteiger partial charge in [0.15, 0.2) is 16.8 Å². The van der Waals surface area contributed by atoms with Crippen LogP contribution in [-0.4, -0.2) is 155 Å². The minimum Gasteiger partial charge on any atom is -0.391 e. The molecule has 4 saturated carbocycles. The molecule has 5 aromatic heterocycles. The lowest BCUT2D eigenvalue weighted by Crippen LogP contribution is -2.61. The minimum atomic E-state index is -0.901. The number of rotatable bonds is 26. The number of nitrogens with one attached hydrogen (secondary N) is 3. The van der Waals surface area contributed by atoms with E-state index < -0.39 is 23.6 Å². The Morgan fingerprint density at radius 1 is 0.857 bits per heavy atom. The van der Waals surface area contributed by atoms with E-state index in [1.165, 1.54) is 50.1 Å². The molecule has 98 heavy (non-hydrogen) atoms. The highest BCUT2D eigenvalue weighted by Gasteiger charge is 2.62. The van der Waals surface area contributed by atoms with E-state index in [0.717, 1.165) is 155 Å². The Labute approximate surface area is 585 Å². The number of para-hydroxylation sites is 1. The van der Waals surface area contributed by atoms with Gasteiger partial charge in [0.1, 0.15) is 23.6 Å². The summed E-state index contributed by atoms with van der Waals surface area (Å²) in [5.41, 5.74) is 10.5. The third-order valence-electron chi connectivity index (χ3n) is 22.1. The summed E-state index contributed by atoms with van der Waals surface area (Å²) >= 11 is 3.17. The van der Waals surface area contributed by atoms with Gasteiger partial charge in [-0.3, -0.25) is 23.9 Å². The number of likely N-dealkylation sites (tertiary alicyclic amines) is 2. The average Bonchev–Trinajstić information content (AvgIpc) is 1.42. The topological polar surface area (TPSA) is 229 Å². The second-order valence-electron chi connectivity index (χ2n) is 31.1. The molecule has 14 rings (SSSR count). The summed E-state index contributed by atoms with van der Waals surface area (Å²) in [6, 6.07) is 18.1. The summed E-state index contributed by atoms with van der Waals surface area (Å²) in [6.45, 7) is 22.6. The molecular weight excluding hydrogens is 1270 g/mol. The summed E-state index contributed by atoms with van der Waals surface area (Å²) in [5.74, 6) is 1.62. The number of carbonyl (C=O) groups excluding carboxylic acids is 4. The van der Waals surface area contributed by atoms with Crippen LogP contribution in [-0.2, 0) is 32.1 Å². The van der Waals surface area contributed by atoms with Crippen LogP contribution in [0.2, 0.25) is 0 Å². The first-order valence-corrected chi connectivity index (χ1v) is 37.7. The molecule has 3 aliphatic heterocycles. The van der Waals surface area contributed by atoms with Gasteiger partial charge in [0, 0.05) is 80.6 Å². The smallest absolute Gasteiger partial charge is 0.272 e. The Morgan fingerprint density at radius 2 is 1.63 bits per heavy atom. The molecule has 2 aromatic carbocycles. The number of pyridine rings is 1. The first-order chi connectivity index (χ1) is 47.0. The van der Waals surface area contributed by atoms with Crippen LogP contribution in [0.4, 0.5) is 22.6 Å². The number of hydrogen-bond acceptors (Lipinski definition) is 17. The van der Waals surface area contributed by atoms with Crippen molar-refractivity contribution in [2.45, 2.75) is 207 Å². The maximum Gasteiger partial charge on any atom is 0.272 e. The highest BCUT2D eigenvalue weighted by molar-refractivity contribution is 7.22. The van der Waals surface area contributed by atoms with E-state index in [0.29, 0.717) is 42.8 Å². The standard InChI is InChI=1S/C76H100N14O6S2/c1-48-56-21-20-34-88(68(56)85-84-67(48)83-72-80-59-22-15-16-23-61(59)98-72)62-30-29-57(58-41-78-90(51(58)4)46-75-39-52-38-74(8,43-75)44-76(40-52,45-75)96-36-35-87-32-18-19-33-87)64(81-62)70(94)86(9)31-17-13-11-10-12-14-24-63(92)82-66(73(5,6)7)71(95)89-42-55(91)37-60(89)69(93)79-49(2)53-25-27-54(28-26-53)65-50(3)77-47-97-65/h15-16,22-23,25-30,41,47,49,52,55,60,66,91H,10-14,17-21,24,31-40,42-46H2,1-9H3,(H,79,93)(H,82,92)(H,80,83,84)/t49-,52?,55+,60?,66+,74?,75?,76?/m0/s1. The van der Waals surface area contributed by atoms with Crippen LogP contribution in [0.3, 0.4) is 0 Å². The van der Waals surface area contributed by atoms with Crippen molar-refractivity contribution in [3.05, 3.63) is 106 Å². The lowest BCUT2D eigenvalue weighted by molar-refractivity contribution is -0.223. The number of anilines is 4. The number of aryl methyl sites for hydroxylation is 1. The molecule has 0 spiro atoms. The van der Waals surface area contributed by atoms with Gasteiger partial charge in [-0.1, -0.05) is 101 Å². The number of carbonyl (C=O) groups is 4. The van der Waals surface area contributed by atoms with Crippen molar-refractivity contribution < 1.29 is 29.0 Å². The molecule has 7 aromatic rings. The average molecular weight is 1370 g/mol. The highest BCUT2D eigenvalue weighted by Crippen LogP contribution is 2.68. The number of benzene rings is 2. The second kappa shape index (κ2) is 28.8. The highest BCUT2D eigenvalue weighted by atomic mass is 32.1. The van der Waals surface area contributed by atoms with E-state index in [-0.39, 0.29) is 65.5 Å². The molecule has 5 unspecified atom stereocenters. The van der Waals surface area contributed by atoms with Crippen LogP contribution in [0, 0.1) is 42.9 Å². The van der Waals surface area contributed by atoms with Crippen molar-refractivity contribution in [2.24, 2.45) is 22.2 Å². The summed E-state index contributed by atoms with van der Waals surface area (Å²) in [4.78, 5) is 80.7. The molecule has 22 heteroatoms. The monoisotopic (exact) mass is 1370 g/mol. The Morgan fingerprint density at radius 3 is 2.39 bits per heavy atom. The Balaban J connectivity index is 0.641. The van der Waals surface area contributed by atoms with Gasteiger partial charge in [-0.05, 0) is 175 Å². The quantitative estimate of drug-likeness (QED) is 0.0370. The normalized spacial score (nSPS) is 23.5. The first-order valence-electron chi connectivity index (χ1n) is 36.0. The number of nitrogens with zero attached hydrogens (tertiary/aromatic N) is 11. The van der Waals surface area contributed by atoms with E-state index >= 15 is 4.79 Å². The molecule has 522 valence electrons. The SMILES string of the molecule is Cc1ncsc1-c1ccc([C@H](C)NC(=O)C2C[C@@H](O)CN2C(=O)[C@@H](NC(=O)CCCCCCCCN(C)C(=O)c2nc(N3CCCc4c3nnc(Nc3nc5ccccc5s3)c4C)ccc2-c2cnn(CC34CC5CC(C)(C3)CC(OCCN3CCCC3)(C5)C4)c2C)C(C)(C)C)cc1. The number of thiazole rings is 2. The summed E-state index contributed by atoms with van der Waals surface area (Å²) in [7, 11) is 1.88. The maximum atomic E-state index is 15.2. The van der Waals surface area contributed by atoms with Gasteiger partial charge in [-0.25, -0.2) is 15.0 Å². The third-order valence-corrected chi connectivity index (χ3v) is 24.1. The number of aliphatic hydroxyl groups excluding tert-OH is 1. The van der Waals surface area contributed by atoms with Crippen molar-refractivity contribution in [3.8, 4) is 21.6 Å². The minimum absolute atomic E-state index is 0.00643. The molecular formula is C76H100N14O6S2. The van der Waals surface area contributed by atoms with E-state index in [9.17, 15) is 19.5 Å². The fourth-order valence-electron chi connectivity index (χ4n) is 17.8. The van der Waals surface area contributed by atoms with Gasteiger partial charge < -0.3 is 45.4 Å². The van der Waals surface area contributed by atoms with Crippen LogP contribution in [0.5, 0.6) is 0 Å². The number of ether oxygens (including phenoxy) is 1. The van der Waals surface area contributed by atoms with Gasteiger partial charge >= 0.3 is 0 Å². The number of unbranched alkanes of at least 4 members (excludes halogenated alkanes) is 5. The predicted octanol–water partition coefficient (Wildman–Crippen LogP) is 13.2. The fraction of sp³-hybridized carbons (Fsp3) is 0.579. The van der Waals surface area contributed by atoms with Crippen molar-refractivity contribution in [1.29, 1.82) is 0 Å². The molecule has 0 radical (unpaired) electrons. The molecule has 4 amide bonds. The fourth-order valence-corrected chi connectivity index (χ4v) is 19.4. The summed E-state index contributed by atoms with van der Waals surface area (Å²) < 4.78 is 10.4. The Bertz CT molecular complexity index is 4010. The zero-order valence-corrected chi connectivity index (χ0v) is 60.6. The number of hydrogen-bond donors (Lipinski definition) is 4. The van der Waals surface area contributed by atoms with Crippen LogP contribution < -0.4 is 20.9 Å². The molecule has 4 bridgehead atoms. The molecule has 8 heterocycles. The van der Waals surface area contributed by atoms with Crippen molar-refractivity contribution >= 4 is 79.1 Å². The van der Waals surface area contributed by atoms with Gasteiger partial charge in [0.2, 0.25) is 17.7 Å². The molecule has 2 saturated heterocycles. The Hall–Kier alpha value is -7.24. The largest absolute Gasteiger partial charge is 0.391 e. The van der Waals surface area contributed by atoms with Gasteiger partial charge in [-0.2, -0.15) is 5.10 Å². The number of β-amino-alcohol motifs (C(OH)–C–C–N with tert-alkyl or cyclic N) is 1. The molecule has 6 fully saturated rings. The van der Waals surface area contributed by atoms with Crippen molar-refractivity contribution in [1.82, 2.24) is 60.3 Å². The van der Waals surface area contributed by atoms with Crippen molar-refractivity contribution in [3.63, 3.8) is 0 Å². The van der Waals surface area contributed by atoms with E-state index in [4.69, 9.17) is 30.0 Å². The molecule has 7 aliphatic rings. The molecule has 4 aliphatic carbocycles. The molecule has 4 N–H and O–H groups in total. The lowest BCUT2D eigenvalue weighted by atomic mass is 9.43. The van der Waals surface area contributed by atoms with Crippen LogP contribution in [0.15, 0.2) is 72.4 Å². The first kappa shape index (κ1) is 69.2. The van der Waals surface area contributed by atoms with E-state index in [1.807, 2.05) is 107 Å². The van der Waals surface area contributed by atoms with Crippen LogP contribution in [0.1, 0.15) is 188 Å². The number of amides is 4. The van der Waals surface area contributed by atoms with Crippen LogP contribution in [0.25, 0.3) is 31.8 Å². The zero-order chi connectivity index (χ0) is 68.7. The molecule has 8 atom stereocenters. The van der Waals surface area contributed by atoms with Gasteiger partial charge in [0.25, 0.3) is 5.91 Å². The molecule has 20 nitrogen and oxygen atoms in total. The Kier molecular flexibility index (Phi) is 20.3. The van der Waals surface area contributed by atoms with E-state index in [1.54, 1.807) is 22.7 Å². The number of fused-ring (bicyclic) bond motifs is 2. The third kappa shape index (κ3) is 15.0. The number of aliphatic hydroxyl groups is 1. The second-order valence-corrected chi connectivity index (χ2v) is 33.0. The zero-order valence-electron chi connectivity index (χ0n) is 58.9. The van der Waals surface area contributed by atoms with Gasteiger partial charge in [0.05, 0.1) is 56.8 Å². The summed E-state index contributed by atoms with van der Waals surface area (Å²) in [6.07, 6.45) is 17.8. The van der Waals surface area contributed by atoms with Crippen LogP contribution >= 0.6 is 22.7 Å². The number of aromatic nitrogens is 7. The van der Waals surface area contributed by atoms with E-state index in [2.05, 4.69) is 68.3 Å². The maximum absolute atomic E-state index is 15.2. The predicted molar refractivity (Wildman–Crippen MR) is 387 cm³/mol. The summed E-state index contributed by atoms with van der Waals surface area (Å²) in [5, 5.41) is 36.0. The van der Waals surface area contributed by atoms with Gasteiger partial charge in [-0.15, -0.1) is 21.5 Å². The lowest BCUT2D eigenvalue weighted by Gasteiger charge is -2.65. The van der Waals surface area contributed by atoms with Crippen molar-refractivity contribution in [2.75, 3.05) is 63.1 Å².